The molecule has 1 amide bonds. The summed E-state index contributed by atoms with van der Waals surface area (Å²) >= 11 is 0. The molecule has 138 valence electrons. The van der Waals surface area contributed by atoms with Crippen molar-refractivity contribution >= 4 is 5.91 Å². The Morgan fingerprint density at radius 3 is 2.89 bits per heavy atom. The fourth-order valence-corrected chi connectivity index (χ4v) is 2.94. The van der Waals surface area contributed by atoms with E-state index in [2.05, 4.69) is 20.4 Å². The van der Waals surface area contributed by atoms with Crippen molar-refractivity contribution in [3.8, 4) is 17.3 Å². The summed E-state index contributed by atoms with van der Waals surface area (Å²) in [6.45, 7) is 1.75. The highest BCUT2D eigenvalue weighted by Gasteiger charge is 2.32. The summed E-state index contributed by atoms with van der Waals surface area (Å²) in [7, 11) is 0. The lowest BCUT2D eigenvalue weighted by molar-refractivity contribution is -0.137. The van der Waals surface area contributed by atoms with Crippen LogP contribution in [-0.2, 0) is 4.79 Å². The molecule has 1 aromatic carbocycles. The van der Waals surface area contributed by atoms with Gasteiger partial charge in [-0.25, -0.2) is 0 Å². The number of carbonyl (C=O) groups is 1. The van der Waals surface area contributed by atoms with Crippen molar-refractivity contribution in [2.75, 3.05) is 26.2 Å². The predicted molar refractivity (Wildman–Crippen MR) is 96.8 cm³/mol. The van der Waals surface area contributed by atoms with E-state index in [1.165, 1.54) is 0 Å². The maximum Gasteiger partial charge on any atom is 0.261 e. The molecular weight excluding hydrogens is 346 g/mol. The molecule has 27 heavy (non-hydrogen) atoms. The van der Waals surface area contributed by atoms with Crippen molar-refractivity contribution in [1.82, 2.24) is 25.3 Å². The molecule has 1 fully saturated rings. The second-order valence-corrected chi connectivity index (χ2v) is 6.08. The minimum Gasteiger partial charge on any atom is -0.484 e. The molecule has 1 saturated heterocycles. The number of rotatable bonds is 5. The van der Waals surface area contributed by atoms with Gasteiger partial charge in [-0.2, -0.15) is 4.98 Å². The molecule has 1 N–H and O–H groups in total. The van der Waals surface area contributed by atoms with Crippen LogP contribution >= 0.6 is 0 Å². The van der Waals surface area contributed by atoms with Crippen LogP contribution in [0.15, 0.2) is 59.3 Å². The van der Waals surface area contributed by atoms with Gasteiger partial charge in [0.25, 0.3) is 11.8 Å². The first-order chi connectivity index (χ1) is 13.3. The third kappa shape index (κ3) is 3.95. The van der Waals surface area contributed by atoms with Crippen LogP contribution in [0.5, 0.6) is 5.75 Å². The Morgan fingerprint density at radius 2 is 2.07 bits per heavy atom. The average molecular weight is 365 g/mol. The zero-order valence-electron chi connectivity index (χ0n) is 14.6. The number of amides is 1. The van der Waals surface area contributed by atoms with Gasteiger partial charge < -0.3 is 19.5 Å². The molecule has 8 heteroatoms. The number of ether oxygens (including phenoxy) is 1. The number of aromatic nitrogens is 3. The number of carbonyl (C=O) groups excluding carboxylic acids is 1. The van der Waals surface area contributed by atoms with Gasteiger partial charge in [0.15, 0.2) is 6.61 Å². The second kappa shape index (κ2) is 7.96. The van der Waals surface area contributed by atoms with Crippen LogP contribution in [0, 0.1) is 0 Å². The van der Waals surface area contributed by atoms with E-state index in [1.807, 2.05) is 48.5 Å². The van der Waals surface area contributed by atoms with Crippen molar-refractivity contribution in [3.63, 3.8) is 0 Å². The van der Waals surface area contributed by atoms with Crippen LogP contribution in [-0.4, -0.2) is 52.2 Å². The second-order valence-electron chi connectivity index (χ2n) is 6.08. The standard InChI is InChI=1S/C19H19N5O3/c25-17(13-26-14-6-2-1-3-7-14)24-11-10-20-12-16(24)19-22-18(23-27-19)15-8-4-5-9-21-15/h1-9,16,20H,10-13H2. The largest absolute Gasteiger partial charge is 0.484 e. The molecule has 2 aromatic heterocycles. The molecule has 1 atom stereocenters. The van der Waals surface area contributed by atoms with Gasteiger partial charge in [-0.05, 0) is 24.3 Å². The molecule has 8 nitrogen and oxygen atoms in total. The smallest absolute Gasteiger partial charge is 0.261 e. The number of hydrogen-bond acceptors (Lipinski definition) is 7. The Labute approximate surface area is 156 Å². The zero-order chi connectivity index (χ0) is 18.5. The number of piperazine rings is 1. The summed E-state index contributed by atoms with van der Waals surface area (Å²) in [5.41, 5.74) is 0.626. The van der Waals surface area contributed by atoms with Crippen molar-refractivity contribution in [2.45, 2.75) is 6.04 Å². The summed E-state index contributed by atoms with van der Waals surface area (Å²) in [4.78, 5) is 23.1. The highest BCUT2D eigenvalue weighted by molar-refractivity contribution is 5.78. The Hall–Kier alpha value is -3.26. The lowest BCUT2D eigenvalue weighted by Gasteiger charge is -2.33. The minimum absolute atomic E-state index is 0.0399. The Balaban J connectivity index is 1.47. The normalized spacial score (nSPS) is 16.9. The average Bonchev–Trinajstić information content (AvgIpc) is 3.23. The maximum absolute atomic E-state index is 12.7. The summed E-state index contributed by atoms with van der Waals surface area (Å²) in [5, 5.41) is 7.27. The van der Waals surface area contributed by atoms with Crippen LogP contribution < -0.4 is 10.1 Å². The number of pyridine rings is 1. The Kier molecular flexibility index (Phi) is 5.06. The van der Waals surface area contributed by atoms with Gasteiger partial charge in [-0.1, -0.05) is 29.4 Å². The third-order valence-electron chi connectivity index (χ3n) is 4.29. The molecule has 0 bridgehead atoms. The van der Waals surface area contributed by atoms with Crippen LogP contribution in [0.25, 0.3) is 11.5 Å². The van der Waals surface area contributed by atoms with Gasteiger partial charge in [0.1, 0.15) is 17.5 Å². The van der Waals surface area contributed by atoms with Gasteiger partial charge in [0.05, 0.1) is 0 Å². The van der Waals surface area contributed by atoms with Crippen molar-refractivity contribution in [1.29, 1.82) is 0 Å². The quantitative estimate of drug-likeness (QED) is 0.735. The van der Waals surface area contributed by atoms with Crippen molar-refractivity contribution < 1.29 is 14.1 Å². The number of nitrogens with zero attached hydrogens (tertiary/aromatic N) is 4. The van der Waals surface area contributed by atoms with E-state index in [4.69, 9.17) is 9.26 Å². The number of nitrogens with one attached hydrogen (secondary N) is 1. The van der Waals surface area contributed by atoms with Crippen LogP contribution in [0.4, 0.5) is 0 Å². The molecule has 4 rings (SSSR count). The van der Waals surface area contributed by atoms with Gasteiger partial charge in [0, 0.05) is 25.8 Å². The summed E-state index contributed by atoms with van der Waals surface area (Å²) in [5.74, 6) is 1.33. The van der Waals surface area contributed by atoms with E-state index in [-0.39, 0.29) is 18.6 Å². The fourth-order valence-electron chi connectivity index (χ4n) is 2.94. The number of benzene rings is 1. The van der Waals surface area contributed by atoms with Crippen LogP contribution in [0.2, 0.25) is 0 Å². The molecule has 3 heterocycles. The molecule has 3 aromatic rings. The minimum atomic E-state index is -0.337. The maximum atomic E-state index is 12.7. The fraction of sp³-hybridized carbons (Fsp3) is 0.263. The van der Waals surface area contributed by atoms with E-state index in [1.54, 1.807) is 11.1 Å². The van der Waals surface area contributed by atoms with Crippen LogP contribution in [0.3, 0.4) is 0 Å². The van der Waals surface area contributed by atoms with E-state index < -0.39 is 0 Å². The first-order valence-electron chi connectivity index (χ1n) is 8.74. The molecule has 1 unspecified atom stereocenters. The number of hydrogen-bond donors (Lipinski definition) is 1. The topological polar surface area (TPSA) is 93.4 Å². The third-order valence-corrected chi connectivity index (χ3v) is 4.29. The Bertz CT molecular complexity index is 885. The zero-order valence-corrected chi connectivity index (χ0v) is 14.6. The SMILES string of the molecule is O=C(COc1ccccc1)N1CCNCC1c1nc(-c2ccccn2)no1. The molecule has 1 aliphatic heterocycles. The summed E-state index contributed by atoms with van der Waals surface area (Å²) in [6.07, 6.45) is 1.67. The molecule has 1 aliphatic rings. The van der Waals surface area contributed by atoms with E-state index >= 15 is 0 Å². The predicted octanol–water partition coefficient (Wildman–Crippen LogP) is 1.68. The van der Waals surface area contributed by atoms with Gasteiger partial charge in [-0.15, -0.1) is 0 Å². The lowest BCUT2D eigenvalue weighted by atomic mass is 10.2. The van der Waals surface area contributed by atoms with Crippen LogP contribution in [0.1, 0.15) is 11.9 Å². The molecular formula is C19H19N5O3. The first-order valence-corrected chi connectivity index (χ1v) is 8.74. The lowest BCUT2D eigenvalue weighted by Crippen LogP contribution is -2.50. The van der Waals surface area contributed by atoms with E-state index in [0.717, 1.165) is 0 Å². The molecule has 0 radical (unpaired) electrons. The molecule has 0 saturated carbocycles. The highest BCUT2D eigenvalue weighted by Crippen LogP contribution is 2.23. The van der Waals surface area contributed by atoms with E-state index in [9.17, 15) is 4.79 Å². The first kappa shape index (κ1) is 17.2. The highest BCUT2D eigenvalue weighted by atomic mass is 16.5. The van der Waals surface area contributed by atoms with Gasteiger partial charge >= 0.3 is 0 Å². The van der Waals surface area contributed by atoms with Gasteiger partial charge in [-0.3, -0.25) is 9.78 Å². The summed E-state index contributed by atoms with van der Waals surface area (Å²) < 4.78 is 11.0. The molecule has 0 aliphatic carbocycles. The van der Waals surface area contributed by atoms with E-state index in [0.29, 0.717) is 42.8 Å². The number of para-hydroxylation sites is 1. The summed E-state index contributed by atoms with van der Waals surface area (Å²) in [6, 6.07) is 14.4. The van der Waals surface area contributed by atoms with Crippen molar-refractivity contribution in [3.05, 3.63) is 60.6 Å². The van der Waals surface area contributed by atoms with Crippen molar-refractivity contribution in [2.24, 2.45) is 0 Å². The van der Waals surface area contributed by atoms with Gasteiger partial charge in [0.2, 0.25) is 5.82 Å². The Morgan fingerprint density at radius 1 is 1.22 bits per heavy atom. The monoisotopic (exact) mass is 365 g/mol. The molecule has 0 spiro atoms.